The molecule has 5 N–H and O–H groups in total. The Hall–Kier alpha value is -3.28. The fourth-order valence-electron chi connectivity index (χ4n) is 3.69. The fourth-order valence-corrected chi connectivity index (χ4v) is 4.86. The van der Waals surface area contributed by atoms with Gasteiger partial charge >= 0.3 is 0 Å². The second kappa shape index (κ2) is 8.69. The Balaban J connectivity index is 1.42. The Morgan fingerprint density at radius 1 is 1.22 bits per heavy atom. The van der Waals surface area contributed by atoms with Crippen LogP contribution in [0.2, 0.25) is 0 Å². The number of benzene rings is 2. The largest absolute Gasteiger partial charge is 0.384 e. The molecule has 11 heteroatoms. The zero-order valence-corrected chi connectivity index (χ0v) is 17.9. The number of hydrogen-bond acceptors (Lipinski definition) is 6. The zero-order chi connectivity index (χ0) is 22.9. The summed E-state index contributed by atoms with van der Waals surface area (Å²) in [6.45, 7) is 0.799. The highest BCUT2D eigenvalue weighted by atomic mass is 32.2. The van der Waals surface area contributed by atoms with Gasteiger partial charge in [0.25, 0.3) is 5.91 Å². The number of fused-ring (bicyclic) bond motifs is 1. The third kappa shape index (κ3) is 4.79. The van der Waals surface area contributed by atoms with E-state index in [9.17, 15) is 18.0 Å². The summed E-state index contributed by atoms with van der Waals surface area (Å²) >= 11 is 0. The van der Waals surface area contributed by atoms with Gasteiger partial charge in [-0.2, -0.15) is 0 Å². The van der Waals surface area contributed by atoms with Gasteiger partial charge in [-0.1, -0.05) is 6.07 Å². The Bertz CT molecular complexity index is 1180. The molecule has 2 aliphatic rings. The van der Waals surface area contributed by atoms with Gasteiger partial charge in [0.2, 0.25) is 15.9 Å². The van der Waals surface area contributed by atoms with E-state index >= 15 is 0 Å². The molecule has 1 fully saturated rings. The summed E-state index contributed by atoms with van der Waals surface area (Å²) < 4.78 is 31.5. The smallest absolute Gasteiger partial charge is 0.256 e. The molecule has 2 amide bonds. The van der Waals surface area contributed by atoms with Crippen molar-refractivity contribution in [3.05, 3.63) is 59.2 Å². The molecule has 2 aliphatic heterocycles. The van der Waals surface area contributed by atoms with Crippen molar-refractivity contribution in [3.63, 3.8) is 0 Å². The van der Waals surface area contributed by atoms with Crippen molar-refractivity contribution >= 4 is 39.0 Å². The van der Waals surface area contributed by atoms with Crippen LogP contribution in [0.4, 0.5) is 11.4 Å². The molecule has 2 aromatic rings. The van der Waals surface area contributed by atoms with Crippen LogP contribution in [0, 0.1) is 5.41 Å². The number of nitrogen functional groups attached to an aromatic ring is 1. The van der Waals surface area contributed by atoms with E-state index < -0.39 is 16.1 Å². The van der Waals surface area contributed by atoms with Gasteiger partial charge in [0.05, 0.1) is 18.8 Å². The predicted molar refractivity (Wildman–Crippen MR) is 119 cm³/mol. The number of anilines is 2. The van der Waals surface area contributed by atoms with Crippen LogP contribution in [0.25, 0.3) is 0 Å². The van der Waals surface area contributed by atoms with E-state index in [4.69, 9.17) is 15.9 Å². The zero-order valence-electron chi connectivity index (χ0n) is 17.1. The first-order valence-electron chi connectivity index (χ1n) is 9.98. The summed E-state index contributed by atoms with van der Waals surface area (Å²) in [5.41, 5.74) is 8.66. The standard InChI is InChI=1S/C21H23N5O5S/c22-20(23)13-1-4-16(5-2-13)25-19(27)10-18-21(28)26(7-8-31-18)17-6-3-14-12-32(29,30)24-11-15(14)9-17/h1-6,9,18,24H,7-8,10-12H2,(H3,22,23)(H,25,27)/t18-/m1/s1. The van der Waals surface area contributed by atoms with Crippen molar-refractivity contribution in [1.29, 1.82) is 5.41 Å². The number of ether oxygens (including phenoxy) is 1. The highest BCUT2D eigenvalue weighted by Crippen LogP contribution is 2.26. The minimum absolute atomic E-state index is 0.0660. The van der Waals surface area contributed by atoms with Crippen molar-refractivity contribution in [2.24, 2.45) is 5.73 Å². The van der Waals surface area contributed by atoms with Crippen molar-refractivity contribution in [3.8, 4) is 0 Å². The molecule has 168 valence electrons. The van der Waals surface area contributed by atoms with Crippen LogP contribution in [0.5, 0.6) is 0 Å². The molecule has 0 radical (unpaired) electrons. The minimum atomic E-state index is -3.31. The van der Waals surface area contributed by atoms with Gasteiger partial charge in [-0.15, -0.1) is 0 Å². The van der Waals surface area contributed by atoms with E-state index in [1.807, 2.05) is 0 Å². The lowest BCUT2D eigenvalue weighted by molar-refractivity contribution is -0.137. The summed E-state index contributed by atoms with van der Waals surface area (Å²) in [7, 11) is -3.31. The van der Waals surface area contributed by atoms with Gasteiger partial charge in [0, 0.05) is 30.0 Å². The first-order valence-corrected chi connectivity index (χ1v) is 11.6. The molecular formula is C21H23N5O5S. The van der Waals surface area contributed by atoms with E-state index in [0.717, 1.165) is 5.56 Å². The van der Waals surface area contributed by atoms with Gasteiger partial charge in [0.15, 0.2) is 0 Å². The number of amidine groups is 1. The summed E-state index contributed by atoms with van der Waals surface area (Å²) in [5, 5.41) is 10.1. The Morgan fingerprint density at radius 2 is 1.97 bits per heavy atom. The van der Waals surface area contributed by atoms with E-state index in [-0.39, 0.29) is 43.0 Å². The van der Waals surface area contributed by atoms with Gasteiger partial charge in [-0.25, -0.2) is 13.1 Å². The third-order valence-electron chi connectivity index (χ3n) is 5.36. The van der Waals surface area contributed by atoms with Gasteiger partial charge < -0.3 is 20.7 Å². The van der Waals surface area contributed by atoms with E-state index in [1.165, 1.54) is 0 Å². The van der Waals surface area contributed by atoms with Crippen molar-refractivity contribution in [2.45, 2.75) is 24.8 Å². The molecule has 2 heterocycles. The second-order valence-electron chi connectivity index (χ2n) is 7.63. The van der Waals surface area contributed by atoms with Crippen LogP contribution in [-0.4, -0.2) is 45.3 Å². The molecule has 2 aromatic carbocycles. The van der Waals surface area contributed by atoms with Crippen LogP contribution < -0.4 is 20.7 Å². The van der Waals surface area contributed by atoms with Gasteiger partial charge in [0.1, 0.15) is 11.9 Å². The number of carbonyl (C=O) groups excluding carboxylic acids is 2. The molecule has 10 nitrogen and oxygen atoms in total. The Kier molecular flexibility index (Phi) is 5.96. The molecule has 0 aromatic heterocycles. The van der Waals surface area contributed by atoms with Crippen LogP contribution in [-0.2, 0) is 36.6 Å². The lowest BCUT2D eigenvalue weighted by Crippen LogP contribution is -2.49. The number of nitrogens with zero attached hydrogens (tertiary/aromatic N) is 1. The maximum Gasteiger partial charge on any atom is 0.256 e. The molecule has 1 saturated heterocycles. The van der Waals surface area contributed by atoms with Crippen LogP contribution in [0.15, 0.2) is 42.5 Å². The van der Waals surface area contributed by atoms with Crippen LogP contribution in [0.1, 0.15) is 23.1 Å². The lowest BCUT2D eigenvalue weighted by Gasteiger charge is -2.33. The summed E-state index contributed by atoms with van der Waals surface area (Å²) in [5.74, 6) is -0.852. The average molecular weight is 458 g/mol. The second-order valence-corrected chi connectivity index (χ2v) is 9.43. The first-order chi connectivity index (χ1) is 15.2. The molecule has 0 aliphatic carbocycles. The van der Waals surface area contributed by atoms with E-state index in [0.29, 0.717) is 29.0 Å². The maximum absolute atomic E-state index is 13.0. The van der Waals surface area contributed by atoms with Crippen LogP contribution in [0.3, 0.4) is 0 Å². The molecule has 0 spiro atoms. The number of sulfonamides is 1. The quantitative estimate of drug-likeness (QED) is 0.382. The highest BCUT2D eigenvalue weighted by molar-refractivity contribution is 7.88. The number of carbonyl (C=O) groups is 2. The molecule has 32 heavy (non-hydrogen) atoms. The topological polar surface area (TPSA) is 155 Å². The van der Waals surface area contributed by atoms with Crippen LogP contribution >= 0.6 is 0 Å². The molecule has 0 bridgehead atoms. The maximum atomic E-state index is 13.0. The Labute approximate surface area is 185 Å². The number of rotatable bonds is 5. The first kappa shape index (κ1) is 21.9. The van der Waals surface area contributed by atoms with Gasteiger partial charge in [-0.3, -0.25) is 15.0 Å². The SMILES string of the molecule is N=C(N)c1ccc(NC(=O)C[C@H]2OCCN(c3ccc4c(c3)CNS(=O)(=O)C4)C2=O)cc1. The number of nitrogens with two attached hydrogens (primary N) is 1. The van der Waals surface area contributed by atoms with Crippen molar-refractivity contribution in [1.82, 2.24) is 4.72 Å². The van der Waals surface area contributed by atoms with Crippen molar-refractivity contribution in [2.75, 3.05) is 23.4 Å². The minimum Gasteiger partial charge on any atom is -0.384 e. The molecular weight excluding hydrogens is 434 g/mol. The number of morpholine rings is 1. The third-order valence-corrected chi connectivity index (χ3v) is 6.63. The number of amides is 2. The van der Waals surface area contributed by atoms with E-state index in [1.54, 1.807) is 47.4 Å². The summed E-state index contributed by atoms with van der Waals surface area (Å²) in [6, 6.07) is 11.7. The molecule has 4 rings (SSSR count). The monoisotopic (exact) mass is 457 g/mol. The number of hydrogen-bond donors (Lipinski definition) is 4. The normalized spacial score (nSPS) is 19.8. The number of nitrogens with one attached hydrogen (secondary N) is 3. The van der Waals surface area contributed by atoms with E-state index in [2.05, 4.69) is 10.0 Å². The predicted octanol–water partition coefficient (Wildman–Crippen LogP) is 0.664. The molecule has 1 atom stereocenters. The highest BCUT2D eigenvalue weighted by Gasteiger charge is 2.33. The average Bonchev–Trinajstić information content (AvgIpc) is 2.75. The summed E-state index contributed by atoms with van der Waals surface area (Å²) in [6.07, 6.45) is -1.07. The van der Waals surface area contributed by atoms with Gasteiger partial charge in [-0.05, 0) is 47.5 Å². The fraction of sp³-hybridized carbons (Fsp3) is 0.286. The molecule has 0 unspecified atom stereocenters. The lowest BCUT2D eigenvalue weighted by atomic mass is 10.1. The molecule has 0 saturated carbocycles. The summed E-state index contributed by atoms with van der Waals surface area (Å²) in [4.78, 5) is 27.0. The Morgan fingerprint density at radius 3 is 2.69 bits per heavy atom. The van der Waals surface area contributed by atoms with Crippen molar-refractivity contribution < 1.29 is 22.7 Å².